The maximum absolute atomic E-state index is 11.9. The molecule has 104 valence electrons. The largest absolute Gasteiger partial charge is 0.352 e. The van der Waals surface area contributed by atoms with Crippen molar-refractivity contribution in [3.8, 4) is 0 Å². The normalized spacial score (nSPS) is 22.9. The molecule has 0 aromatic carbocycles. The highest BCUT2D eigenvalue weighted by atomic mass is 16.2. The van der Waals surface area contributed by atoms with Gasteiger partial charge in [-0.25, -0.2) is 0 Å². The lowest BCUT2D eigenvalue weighted by Crippen LogP contribution is -2.53. The van der Waals surface area contributed by atoms with Crippen molar-refractivity contribution in [3.63, 3.8) is 0 Å². The number of carbonyl (C=O) groups excluding carboxylic acids is 2. The molecule has 1 fully saturated rings. The molecule has 1 aliphatic heterocycles. The summed E-state index contributed by atoms with van der Waals surface area (Å²) >= 11 is 0. The van der Waals surface area contributed by atoms with Crippen molar-refractivity contribution in [2.24, 2.45) is 0 Å². The van der Waals surface area contributed by atoms with Crippen LogP contribution in [0.25, 0.3) is 0 Å². The number of hydrogen-bond donors (Lipinski definition) is 3. The van der Waals surface area contributed by atoms with E-state index in [2.05, 4.69) is 16.0 Å². The van der Waals surface area contributed by atoms with Crippen molar-refractivity contribution in [3.05, 3.63) is 0 Å². The van der Waals surface area contributed by atoms with E-state index >= 15 is 0 Å². The van der Waals surface area contributed by atoms with Gasteiger partial charge in [0.15, 0.2) is 0 Å². The Morgan fingerprint density at radius 1 is 1.28 bits per heavy atom. The monoisotopic (exact) mass is 255 g/mol. The molecule has 0 bridgehead atoms. The lowest BCUT2D eigenvalue weighted by atomic mass is 10.0. The molecule has 1 heterocycles. The SMILES string of the molecule is CCC(C)NC(=O)C(C)NC(=O)C1CCCCN1. The first-order valence-electron chi connectivity index (χ1n) is 6.88. The summed E-state index contributed by atoms with van der Waals surface area (Å²) in [7, 11) is 0. The zero-order valence-corrected chi connectivity index (χ0v) is 11.6. The number of carbonyl (C=O) groups is 2. The van der Waals surface area contributed by atoms with Crippen LogP contribution >= 0.6 is 0 Å². The molecule has 3 unspecified atom stereocenters. The number of rotatable bonds is 5. The van der Waals surface area contributed by atoms with Crippen LogP contribution in [-0.2, 0) is 9.59 Å². The molecule has 1 saturated heterocycles. The Morgan fingerprint density at radius 3 is 2.56 bits per heavy atom. The van der Waals surface area contributed by atoms with Crippen molar-refractivity contribution >= 4 is 11.8 Å². The molecule has 5 heteroatoms. The van der Waals surface area contributed by atoms with Gasteiger partial charge in [-0.3, -0.25) is 9.59 Å². The molecule has 0 aliphatic carbocycles. The molecule has 1 aliphatic rings. The molecule has 3 atom stereocenters. The minimum Gasteiger partial charge on any atom is -0.352 e. The highest BCUT2D eigenvalue weighted by Crippen LogP contribution is 2.07. The zero-order chi connectivity index (χ0) is 13.5. The van der Waals surface area contributed by atoms with Crippen molar-refractivity contribution in [1.29, 1.82) is 0 Å². The molecule has 1 rings (SSSR count). The van der Waals surface area contributed by atoms with Crippen LogP contribution in [0.1, 0.15) is 46.5 Å². The Kier molecular flexibility index (Phi) is 6.12. The molecule has 18 heavy (non-hydrogen) atoms. The van der Waals surface area contributed by atoms with E-state index < -0.39 is 6.04 Å². The third kappa shape index (κ3) is 4.64. The first-order valence-corrected chi connectivity index (χ1v) is 6.88. The van der Waals surface area contributed by atoms with Gasteiger partial charge in [-0.05, 0) is 39.7 Å². The fourth-order valence-corrected chi connectivity index (χ4v) is 1.93. The van der Waals surface area contributed by atoms with Crippen LogP contribution in [0.4, 0.5) is 0 Å². The lowest BCUT2D eigenvalue weighted by molar-refractivity contribution is -0.130. The van der Waals surface area contributed by atoms with Gasteiger partial charge in [0.05, 0.1) is 6.04 Å². The van der Waals surface area contributed by atoms with Gasteiger partial charge >= 0.3 is 0 Å². The van der Waals surface area contributed by atoms with E-state index in [9.17, 15) is 9.59 Å². The summed E-state index contributed by atoms with van der Waals surface area (Å²) in [6, 6.07) is -0.475. The van der Waals surface area contributed by atoms with E-state index in [0.29, 0.717) is 0 Å². The van der Waals surface area contributed by atoms with Gasteiger partial charge in [0.25, 0.3) is 0 Å². The number of nitrogens with one attached hydrogen (secondary N) is 3. The summed E-state index contributed by atoms with van der Waals surface area (Å²) in [5, 5.41) is 8.80. The number of hydrogen-bond acceptors (Lipinski definition) is 3. The predicted octanol–water partition coefficient (Wildman–Crippen LogP) is 0.548. The molecule has 5 nitrogen and oxygen atoms in total. The van der Waals surface area contributed by atoms with Crippen molar-refractivity contribution < 1.29 is 9.59 Å². The van der Waals surface area contributed by atoms with Crippen molar-refractivity contribution in [2.45, 2.75) is 64.6 Å². The highest BCUT2D eigenvalue weighted by molar-refractivity contribution is 5.89. The molecule has 0 radical (unpaired) electrons. The molecule has 0 aromatic heterocycles. The fraction of sp³-hybridized carbons (Fsp3) is 0.846. The predicted molar refractivity (Wildman–Crippen MR) is 71.1 cm³/mol. The fourth-order valence-electron chi connectivity index (χ4n) is 1.93. The van der Waals surface area contributed by atoms with Crippen LogP contribution in [0.3, 0.4) is 0 Å². The Hall–Kier alpha value is -1.10. The Bertz CT molecular complexity index is 288. The van der Waals surface area contributed by atoms with Crippen LogP contribution in [-0.4, -0.2) is 36.5 Å². The van der Waals surface area contributed by atoms with Crippen LogP contribution < -0.4 is 16.0 Å². The number of piperidine rings is 1. The second kappa shape index (κ2) is 7.36. The minimum absolute atomic E-state index is 0.0681. The summed E-state index contributed by atoms with van der Waals surface area (Å²) in [5.41, 5.74) is 0. The maximum atomic E-state index is 11.9. The standard InChI is InChI=1S/C13H25N3O2/c1-4-9(2)15-12(17)10(3)16-13(18)11-7-5-6-8-14-11/h9-11,14H,4-8H2,1-3H3,(H,15,17)(H,16,18). The van der Waals surface area contributed by atoms with Crippen molar-refractivity contribution in [1.82, 2.24) is 16.0 Å². The Morgan fingerprint density at radius 2 is 2.00 bits per heavy atom. The summed E-state index contributed by atoms with van der Waals surface area (Å²) < 4.78 is 0. The van der Waals surface area contributed by atoms with Crippen molar-refractivity contribution in [2.75, 3.05) is 6.54 Å². The lowest BCUT2D eigenvalue weighted by Gasteiger charge is -2.24. The average molecular weight is 255 g/mol. The molecule has 2 amide bonds. The van der Waals surface area contributed by atoms with Gasteiger partial charge < -0.3 is 16.0 Å². The van der Waals surface area contributed by atoms with E-state index in [0.717, 1.165) is 32.2 Å². The molecule has 0 aromatic rings. The second-order valence-electron chi connectivity index (χ2n) is 5.05. The van der Waals surface area contributed by atoms with Gasteiger partial charge in [0.2, 0.25) is 11.8 Å². The summed E-state index contributed by atoms with van der Waals surface area (Å²) in [4.78, 5) is 23.7. The Labute approximate surface area is 109 Å². The van der Waals surface area contributed by atoms with Gasteiger partial charge in [-0.15, -0.1) is 0 Å². The van der Waals surface area contributed by atoms with Crippen LogP contribution in [0.2, 0.25) is 0 Å². The van der Waals surface area contributed by atoms with E-state index in [1.54, 1.807) is 6.92 Å². The van der Waals surface area contributed by atoms with Gasteiger partial charge in [0, 0.05) is 6.04 Å². The van der Waals surface area contributed by atoms with E-state index in [-0.39, 0.29) is 23.9 Å². The van der Waals surface area contributed by atoms with Crippen LogP contribution in [0, 0.1) is 0 Å². The summed E-state index contributed by atoms with van der Waals surface area (Å²) in [6.45, 7) is 6.57. The minimum atomic E-state index is -0.477. The van der Waals surface area contributed by atoms with Gasteiger partial charge in [-0.2, -0.15) is 0 Å². The number of amides is 2. The summed E-state index contributed by atoms with van der Waals surface area (Å²) in [6.07, 6.45) is 3.93. The van der Waals surface area contributed by atoms with Gasteiger partial charge in [-0.1, -0.05) is 13.3 Å². The summed E-state index contributed by atoms with van der Waals surface area (Å²) in [5.74, 6) is -0.185. The van der Waals surface area contributed by atoms with E-state index in [1.165, 1.54) is 0 Å². The Balaban J connectivity index is 2.35. The van der Waals surface area contributed by atoms with Gasteiger partial charge in [0.1, 0.15) is 6.04 Å². The second-order valence-corrected chi connectivity index (χ2v) is 5.05. The third-order valence-corrected chi connectivity index (χ3v) is 3.38. The molecule has 0 spiro atoms. The maximum Gasteiger partial charge on any atom is 0.242 e. The molecule has 3 N–H and O–H groups in total. The van der Waals surface area contributed by atoms with E-state index in [4.69, 9.17) is 0 Å². The first kappa shape index (κ1) is 15.0. The zero-order valence-electron chi connectivity index (χ0n) is 11.6. The van der Waals surface area contributed by atoms with Crippen LogP contribution in [0.15, 0.2) is 0 Å². The highest BCUT2D eigenvalue weighted by Gasteiger charge is 2.24. The first-order chi connectivity index (χ1) is 8.54. The third-order valence-electron chi connectivity index (χ3n) is 3.38. The quantitative estimate of drug-likeness (QED) is 0.672. The molecular weight excluding hydrogens is 230 g/mol. The molecule has 0 saturated carbocycles. The van der Waals surface area contributed by atoms with E-state index in [1.807, 2.05) is 13.8 Å². The topological polar surface area (TPSA) is 70.2 Å². The average Bonchev–Trinajstić information content (AvgIpc) is 2.39. The molecular formula is C13H25N3O2. The van der Waals surface area contributed by atoms with Crippen LogP contribution in [0.5, 0.6) is 0 Å². The smallest absolute Gasteiger partial charge is 0.242 e.